The van der Waals surface area contributed by atoms with E-state index >= 15 is 0 Å². The minimum Gasteiger partial charge on any atom is -0.496 e. The number of rotatable bonds is 1. The van der Waals surface area contributed by atoms with Crippen molar-refractivity contribution >= 4 is 5.97 Å². The van der Waals surface area contributed by atoms with Crippen molar-refractivity contribution < 1.29 is 24.5 Å². The van der Waals surface area contributed by atoms with Crippen LogP contribution in [0.1, 0.15) is 24.2 Å². The van der Waals surface area contributed by atoms with Gasteiger partial charge in [0.15, 0.2) is 0 Å². The number of aliphatic carboxylic acids is 1. The molecule has 2 atom stereocenters. The maximum atomic E-state index is 10.0. The van der Waals surface area contributed by atoms with Crippen molar-refractivity contribution in [1.82, 2.24) is 0 Å². The summed E-state index contributed by atoms with van der Waals surface area (Å²) in [4.78, 5) is 9.00. The highest BCUT2D eigenvalue weighted by atomic mass is 16.6. The third-order valence-corrected chi connectivity index (χ3v) is 2.76. The summed E-state index contributed by atoms with van der Waals surface area (Å²) in [6.45, 7) is 1.08. The van der Waals surface area contributed by atoms with Gasteiger partial charge in [-0.25, -0.2) is 0 Å². The number of methoxy groups -OCH3 is 1. The van der Waals surface area contributed by atoms with Gasteiger partial charge in [0.25, 0.3) is 5.97 Å². The summed E-state index contributed by atoms with van der Waals surface area (Å²) in [7, 11) is 1.62. The molecule has 2 aliphatic rings. The molecule has 0 fully saturated rings. The van der Waals surface area contributed by atoms with Crippen LogP contribution in [0.15, 0.2) is 30.4 Å². The van der Waals surface area contributed by atoms with E-state index in [1.54, 1.807) is 13.2 Å². The van der Waals surface area contributed by atoms with Gasteiger partial charge in [-0.2, -0.15) is 0 Å². The Bertz CT molecular complexity index is 504. The monoisotopic (exact) mass is 250 g/mol. The average molecular weight is 250 g/mol. The molecule has 2 aliphatic heterocycles. The second-order valence-corrected chi connectivity index (χ2v) is 4.03. The predicted octanol–water partition coefficient (Wildman–Crippen LogP) is 1.57. The number of hydrogen-bond donors (Lipinski definition) is 2. The molecule has 3 rings (SSSR count). The zero-order valence-electron chi connectivity index (χ0n) is 10.1. The maximum absolute atomic E-state index is 10.0. The van der Waals surface area contributed by atoms with E-state index in [0.717, 1.165) is 23.8 Å². The molecule has 0 spiro atoms. The van der Waals surface area contributed by atoms with Crippen molar-refractivity contribution in [2.24, 2.45) is 0 Å². The van der Waals surface area contributed by atoms with Crippen molar-refractivity contribution in [3.8, 4) is 5.75 Å². The van der Waals surface area contributed by atoms with Crippen LogP contribution in [0.2, 0.25) is 0 Å². The van der Waals surface area contributed by atoms with E-state index in [1.165, 1.54) is 0 Å². The van der Waals surface area contributed by atoms with Gasteiger partial charge in [0, 0.05) is 18.1 Å². The van der Waals surface area contributed by atoms with Gasteiger partial charge in [-0.3, -0.25) is 4.79 Å². The first-order valence-electron chi connectivity index (χ1n) is 5.44. The Morgan fingerprint density at radius 2 is 2.17 bits per heavy atom. The summed E-state index contributed by atoms with van der Waals surface area (Å²) in [5.74, 6) is -1.29. The molecule has 0 aliphatic carbocycles. The molecular formula is C13H14O5. The molecular weight excluding hydrogens is 236 g/mol. The molecule has 0 amide bonds. The van der Waals surface area contributed by atoms with Gasteiger partial charge in [-0.15, -0.1) is 0 Å². The highest BCUT2D eigenvalue weighted by Gasteiger charge is 2.46. The first-order chi connectivity index (χ1) is 8.48. The van der Waals surface area contributed by atoms with E-state index in [-0.39, 0.29) is 6.10 Å². The lowest BCUT2D eigenvalue weighted by Gasteiger charge is -2.16. The number of aliphatic hydroxyl groups is 1. The summed E-state index contributed by atoms with van der Waals surface area (Å²) < 4.78 is 10.7. The number of hydrogen-bond acceptors (Lipinski definition) is 4. The number of ether oxygens (including phenoxy) is 2. The first-order valence-corrected chi connectivity index (χ1v) is 5.44. The van der Waals surface area contributed by atoms with Crippen molar-refractivity contribution in [2.75, 3.05) is 7.11 Å². The Kier molecular flexibility index (Phi) is 3.11. The van der Waals surface area contributed by atoms with Crippen molar-refractivity contribution in [1.29, 1.82) is 0 Å². The number of carboxylic acids is 1. The molecule has 2 heterocycles. The number of fused-ring (bicyclic) bond motifs is 5. The largest absolute Gasteiger partial charge is 0.496 e. The minimum atomic E-state index is -1.23. The zero-order chi connectivity index (χ0) is 13.3. The highest BCUT2D eigenvalue weighted by Crippen LogP contribution is 2.51. The van der Waals surface area contributed by atoms with Crippen molar-refractivity contribution in [3.05, 3.63) is 41.5 Å². The molecule has 2 unspecified atom stereocenters. The molecule has 0 saturated carbocycles. The lowest BCUT2D eigenvalue weighted by atomic mass is 9.94. The van der Waals surface area contributed by atoms with Gasteiger partial charge < -0.3 is 19.7 Å². The lowest BCUT2D eigenvalue weighted by Crippen LogP contribution is -2.19. The maximum Gasteiger partial charge on any atom is 0.300 e. The van der Waals surface area contributed by atoms with E-state index in [0.29, 0.717) is 0 Å². The van der Waals surface area contributed by atoms with Gasteiger partial charge >= 0.3 is 0 Å². The molecule has 0 radical (unpaired) electrons. The average Bonchev–Trinajstić information content (AvgIpc) is 2.82. The standard InChI is InChI=1S/C11H10O3.C2H4O2/c1-13-8-4-2-3-7-10(8)9-5-6-11(7,12)14-9;1-2(3)4/h2-6,9,12H,1H3;1H3,(H,3,4). The van der Waals surface area contributed by atoms with E-state index in [4.69, 9.17) is 19.4 Å². The van der Waals surface area contributed by atoms with E-state index in [1.807, 2.05) is 24.3 Å². The third-order valence-electron chi connectivity index (χ3n) is 2.76. The molecule has 5 heteroatoms. The van der Waals surface area contributed by atoms with Gasteiger partial charge in [0.1, 0.15) is 11.9 Å². The highest BCUT2D eigenvalue weighted by molar-refractivity contribution is 5.63. The van der Waals surface area contributed by atoms with Gasteiger partial charge in [0.05, 0.1) is 7.11 Å². The Morgan fingerprint density at radius 1 is 1.50 bits per heavy atom. The number of carboxylic acid groups (broad SMARTS) is 1. The van der Waals surface area contributed by atoms with Crippen LogP contribution >= 0.6 is 0 Å². The third kappa shape index (κ3) is 1.98. The summed E-state index contributed by atoms with van der Waals surface area (Å²) >= 11 is 0. The van der Waals surface area contributed by atoms with Gasteiger partial charge in [-0.05, 0) is 18.2 Å². The Balaban J connectivity index is 0.000000267. The smallest absolute Gasteiger partial charge is 0.300 e. The fraction of sp³-hybridized carbons (Fsp3) is 0.308. The molecule has 2 N–H and O–H groups in total. The molecule has 2 bridgehead atoms. The summed E-state index contributed by atoms with van der Waals surface area (Å²) in [5.41, 5.74) is 1.74. The van der Waals surface area contributed by atoms with Crippen LogP contribution in [-0.4, -0.2) is 23.3 Å². The van der Waals surface area contributed by atoms with Crippen LogP contribution < -0.4 is 4.74 Å². The molecule has 0 saturated heterocycles. The topological polar surface area (TPSA) is 76.0 Å². The van der Waals surface area contributed by atoms with E-state index in [2.05, 4.69) is 0 Å². The Morgan fingerprint density at radius 3 is 2.78 bits per heavy atom. The van der Waals surface area contributed by atoms with Gasteiger partial charge in [-0.1, -0.05) is 12.1 Å². The Labute approximate surface area is 104 Å². The quantitative estimate of drug-likeness (QED) is 0.740. The lowest BCUT2D eigenvalue weighted by molar-refractivity contribution is -0.162. The van der Waals surface area contributed by atoms with E-state index in [9.17, 15) is 5.11 Å². The second kappa shape index (κ2) is 4.44. The molecule has 1 aromatic carbocycles. The predicted molar refractivity (Wildman–Crippen MR) is 63.2 cm³/mol. The number of benzene rings is 1. The van der Waals surface area contributed by atoms with Crippen molar-refractivity contribution in [2.45, 2.75) is 18.8 Å². The summed E-state index contributed by atoms with van der Waals surface area (Å²) in [6.07, 6.45) is 3.37. The number of carbonyl (C=O) groups is 1. The molecule has 0 aromatic heterocycles. The Hall–Kier alpha value is -1.85. The van der Waals surface area contributed by atoms with Crippen LogP contribution in [0.3, 0.4) is 0 Å². The first kappa shape index (κ1) is 12.6. The normalized spacial score (nSPS) is 26.3. The van der Waals surface area contributed by atoms with Crippen molar-refractivity contribution in [3.63, 3.8) is 0 Å². The zero-order valence-corrected chi connectivity index (χ0v) is 10.1. The van der Waals surface area contributed by atoms with Crippen LogP contribution in [0, 0.1) is 0 Å². The fourth-order valence-electron chi connectivity index (χ4n) is 2.13. The van der Waals surface area contributed by atoms with Gasteiger partial charge in [0.2, 0.25) is 5.79 Å². The van der Waals surface area contributed by atoms with Crippen LogP contribution in [0.4, 0.5) is 0 Å². The van der Waals surface area contributed by atoms with Crippen LogP contribution in [0.25, 0.3) is 0 Å². The molecule has 18 heavy (non-hydrogen) atoms. The summed E-state index contributed by atoms with van der Waals surface area (Å²) in [5, 5.41) is 17.5. The van der Waals surface area contributed by atoms with Crippen LogP contribution in [-0.2, 0) is 15.3 Å². The van der Waals surface area contributed by atoms with E-state index < -0.39 is 11.8 Å². The molecule has 96 valence electrons. The SMILES string of the molecule is CC(=O)O.COc1cccc2c1C1C=CC2(O)O1. The molecule has 5 nitrogen and oxygen atoms in total. The fourth-order valence-corrected chi connectivity index (χ4v) is 2.13. The van der Waals surface area contributed by atoms with Crippen LogP contribution in [0.5, 0.6) is 5.75 Å². The molecule has 1 aromatic rings. The summed E-state index contributed by atoms with van der Waals surface area (Å²) in [6, 6.07) is 5.59. The minimum absolute atomic E-state index is 0.161. The second-order valence-electron chi connectivity index (χ2n) is 4.03.